The predicted octanol–water partition coefficient (Wildman–Crippen LogP) is 3.59. The topological polar surface area (TPSA) is 90.4 Å². The number of aromatic nitrogens is 1. The molecule has 134 valence electrons. The molecule has 2 aromatic rings. The minimum absolute atomic E-state index is 0.153. The summed E-state index contributed by atoms with van der Waals surface area (Å²) in [4.78, 5) is 16.3. The van der Waals surface area contributed by atoms with Crippen LogP contribution in [0, 0.1) is 5.92 Å². The van der Waals surface area contributed by atoms with Crippen molar-refractivity contribution in [1.82, 2.24) is 4.98 Å². The molecule has 1 aliphatic rings. The van der Waals surface area contributed by atoms with Gasteiger partial charge in [-0.2, -0.15) is 0 Å². The van der Waals surface area contributed by atoms with Gasteiger partial charge < -0.3 is 20.2 Å². The summed E-state index contributed by atoms with van der Waals surface area (Å²) in [5.41, 5.74) is 7.55. The van der Waals surface area contributed by atoms with Crippen LogP contribution in [-0.4, -0.2) is 24.0 Å². The van der Waals surface area contributed by atoms with Gasteiger partial charge in [0.1, 0.15) is 5.75 Å². The second kappa shape index (κ2) is 8.16. The fraction of sp³-hybridized carbons (Fsp3) is 0.474. The lowest BCUT2D eigenvalue weighted by molar-refractivity contribution is -0.117. The summed E-state index contributed by atoms with van der Waals surface area (Å²) in [5.74, 6) is 1.64. The molecular formula is C19H25N3O3. The Morgan fingerprint density at radius 1 is 1.40 bits per heavy atom. The van der Waals surface area contributed by atoms with Crippen LogP contribution in [-0.2, 0) is 4.79 Å². The van der Waals surface area contributed by atoms with Crippen LogP contribution >= 0.6 is 0 Å². The number of carbonyl (C=O) groups is 1. The van der Waals surface area contributed by atoms with Gasteiger partial charge in [0.05, 0.1) is 24.9 Å². The summed E-state index contributed by atoms with van der Waals surface area (Å²) in [7, 11) is 1.58. The fourth-order valence-corrected chi connectivity index (χ4v) is 3.45. The highest BCUT2D eigenvalue weighted by molar-refractivity contribution is 5.95. The first-order valence-corrected chi connectivity index (χ1v) is 8.80. The Kier molecular flexibility index (Phi) is 5.71. The number of oxazole rings is 1. The van der Waals surface area contributed by atoms with Gasteiger partial charge in [-0.05, 0) is 24.5 Å². The Morgan fingerprint density at radius 2 is 2.20 bits per heavy atom. The first kappa shape index (κ1) is 17.5. The molecule has 25 heavy (non-hydrogen) atoms. The summed E-state index contributed by atoms with van der Waals surface area (Å²) in [6, 6.07) is 4.93. The molecule has 1 aromatic carbocycles. The smallest absolute Gasteiger partial charge is 0.241 e. The Morgan fingerprint density at radius 3 is 2.88 bits per heavy atom. The van der Waals surface area contributed by atoms with Crippen LogP contribution in [0.15, 0.2) is 35.2 Å². The number of nitrogens with two attached hydrogens (primary N) is 1. The van der Waals surface area contributed by atoms with Gasteiger partial charge in [-0.15, -0.1) is 0 Å². The van der Waals surface area contributed by atoms with Crippen LogP contribution in [0.4, 0.5) is 5.69 Å². The molecule has 6 nitrogen and oxygen atoms in total. The maximum absolute atomic E-state index is 12.4. The third kappa shape index (κ3) is 4.39. The van der Waals surface area contributed by atoms with E-state index >= 15 is 0 Å². The predicted molar refractivity (Wildman–Crippen MR) is 96.3 cm³/mol. The first-order chi connectivity index (χ1) is 12.2. The molecule has 1 aliphatic carbocycles. The van der Waals surface area contributed by atoms with Gasteiger partial charge in [-0.3, -0.25) is 4.79 Å². The number of hydrogen-bond acceptors (Lipinski definition) is 5. The van der Waals surface area contributed by atoms with Crippen molar-refractivity contribution in [2.45, 2.75) is 44.6 Å². The number of carbonyl (C=O) groups excluding carboxylic acids is 1. The van der Waals surface area contributed by atoms with Crippen molar-refractivity contribution in [3.8, 4) is 17.1 Å². The number of benzene rings is 1. The van der Waals surface area contributed by atoms with Crippen molar-refractivity contribution in [3.63, 3.8) is 0 Å². The molecule has 1 saturated carbocycles. The fourth-order valence-electron chi connectivity index (χ4n) is 3.45. The summed E-state index contributed by atoms with van der Waals surface area (Å²) in [5, 5.41) is 2.89. The van der Waals surface area contributed by atoms with Gasteiger partial charge in [-0.25, -0.2) is 4.98 Å². The van der Waals surface area contributed by atoms with E-state index in [1.807, 2.05) is 12.1 Å². The zero-order valence-corrected chi connectivity index (χ0v) is 14.5. The molecule has 0 saturated heterocycles. The maximum atomic E-state index is 12.4. The van der Waals surface area contributed by atoms with E-state index in [0.29, 0.717) is 23.1 Å². The normalized spacial score (nSPS) is 16.4. The van der Waals surface area contributed by atoms with Crippen molar-refractivity contribution >= 4 is 11.6 Å². The van der Waals surface area contributed by atoms with Crippen molar-refractivity contribution < 1.29 is 13.9 Å². The molecule has 0 radical (unpaired) electrons. The summed E-state index contributed by atoms with van der Waals surface area (Å²) >= 11 is 0. The summed E-state index contributed by atoms with van der Waals surface area (Å²) in [6.45, 7) is 0. The average molecular weight is 343 g/mol. The van der Waals surface area contributed by atoms with Crippen LogP contribution in [0.25, 0.3) is 11.3 Å². The number of nitrogens with one attached hydrogen (secondary N) is 1. The van der Waals surface area contributed by atoms with E-state index < -0.39 is 6.04 Å². The molecule has 1 aromatic heterocycles. The Bertz CT molecular complexity index is 694. The zero-order valence-electron chi connectivity index (χ0n) is 14.5. The second-order valence-electron chi connectivity index (χ2n) is 6.62. The van der Waals surface area contributed by atoms with Crippen molar-refractivity contribution in [1.29, 1.82) is 0 Å². The maximum Gasteiger partial charge on any atom is 0.241 e. The van der Waals surface area contributed by atoms with Crippen molar-refractivity contribution in [2.75, 3.05) is 12.4 Å². The SMILES string of the molecule is COc1cc(NC(=O)[C@H](N)CC2CCCCC2)ccc1-c1cnco1. The molecule has 1 atom stereocenters. The van der Waals surface area contributed by atoms with Gasteiger partial charge in [0.15, 0.2) is 12.2 Å². The number of nitrogens with zero attached hydrogens (tertiary/aromatic N) is 1. The van der Waals surface area contributed by atoms with E-state index in [1.54, 1.807) is 19.4 Å². The largest absolute Gasteiger partial charge is 0.496 e. The van der Waals surface area contributed by atoms with Crippen LogP contribution < -0.4 is 15.8 Å². The van der Waals surface area contributed by atoms with Crippen molar-refractivity contribution in [2.24, 2.45) is 11.7 Å². The third-order valence-corrected chi connectivity index (χ3v) is 4.82. The molecular weight excluding hydrogens is 318 g/mol. The highest BCUT2D eigenvalue weighted by Crippen LogP contribution is 2.32. The van der Waals surface area contributed by atoms with E-state index in [2.05, 4.69) is 10.3 Å². The number of rotatable bonds is 6. The van der Waals surface area contributed by atoms with E-state index in [0.717, 1.165) is 12.0 Å². The standard InChI is InChI=1S/C19H25N3O3/c1-24-17-10-14(7-8-15(17)18-11-21-12-25-18)22-19(23)16(20)9-13-5-3-2-4-6-13/h7-8,10-13,16H,2-6,9,20H2,1H3,(H,22,23)/t16-/m1/s1. The molecule has 0 bridgehead atoms. The van der Waals surface area contributed by atoms with Gasteiger partial charge in [-0.1, -0.05) is 32.1 Å². The van der Waals surface area contributed by atoms with Crippen LogP contribution in [0.2, 0.25) is 0 Å². The molecule has 1 heterocycles. The highest BCUT2D eigenvalue weighted by atomic mass is 16.5. The van der Waals surface area contributed by atoms with E-state index in [-0.39, 0.29) is 5.91 Å². The molecule has 6 heteroatoms. The number of hydrogen-bond donors (Lipinski definition) is 2. The first-order valence-electron chi connectivity index (χ1n) is 8.80. The number of amides is 1. The summed E-state index contributed by atoms with van der Waals surface area (Å²) in [6.07, 6.45) is 9.90. The monoisotopic (exact) mass is 343 g/mol. The van der Waals surface area contributed by atoms with E-state index in [1.165, 1.54) is 38.5 Å². The zero-order chi connectivity index (χ0) is 17.6. The molecule has 1 amide bonds. The van der Waals surface area contributed by atoms with Gasteiger partial charge in [0, 0.05) is 11.8 Å². The van der Waals surface area contributed by atoms with Crippen molar-refractivity contribution in [3.05, 3.63) is 30.8 Å². The molecule has 0 spiro atoms. The molecule has 1 fully saturated rings. The number of anilines is 1. The molecule has 3 N–H and O–H groups in total. The quantitative estimate of drug-likeness (QED) is 0.836. The molecule has 0 unspecified atom stereocenters. The molecule has 3 rings (SSSR count). The summed E-state index contributed by atoms with van der Waals surface area (Å²) < 4.78 is 10.7. The Balaban J connectivity index is 1.64. The minimum atomic E-state index is -0.483. The number of methoxy groups -OCH3 is 1. The highest BCUT2D eigenvalue weighted by Gasteiger charge is 2.21. The Labute approximate surface area is 147 Å². The average Bonchev–Trinajstić information content (AvgIpc) is 3.16. The van der Waals surface area contributed by atoms with Crippen LogP contribution in [0.3, 0.4) is 0 Å². The lowest BCUT2D eigenvalue weighted by atomic mass is 9.85. The molecule has 0 aliphatic heterocycles. The van der Waals surface area contributed by atoms with E-state index in [4.69, 9.17) is 14.9 Å². The lowest BCUT2D eigenvalue weighted by Crippen LogP contribution is -2.37. The second-order valence-corrected chi connectivity index (χ2v) is 6.62. The van der Waals surface area contributed by atoms with Gasteiger partial charge in [0.25, 0.3) is 0 Å². The Hall–Kier alpha value is -2.34. The lowest BCUT2D eigenvalue weighted by Gasteiger charge is -2.24. The third-order valence-electron chi connectivity index (χ3n) is 4.82. The number of ether oxygens (including phenoxy) is 1. The van der Waals surface area contributed by atoms with E-state index in [9.17, 15) is 4.79 Å². The van der Waals surface area contributed by atoms with Crippen LogP contribution in [0.5, 0.6) is 5.75 Å². The van der Waals surface area contributed by atoms with Gasteiger partial charge in [0.2, 0.25) is 5.91 Å². The minimum Gasteiger partial charge on any atom is -0.496 e. The van der Waals surface area contributed by atoms with Gasteiger partial charge >= 0.3 is 0 Å². The van der Waals surface area contributed by atoms with Crippen LogP contribution in [0.1, 0.15) is 38.5 Å².